The zero-order valence-electron chi connectivity index (χ0n) is 19.2. The van der Waals surface area contributed by atoms with Crippen LogP contribution in [0.1, 0.15) is 57.1 Å². The van der Waals surface area contributed by atoms with Crippen molar-refractivity contribution in [2.45, 2.75) is 58.0 Å². The van der Waals surface area contributed by atoms with Crippen LogP contribution in [-0.2, 0) is 20.9 Å². The Hall–Kier alpha value is -2.95. The molecule has 3 rings (SSSR count). The number of ether oxygens (including phenoxy) is 1. The van der Waals surface area contributed by atoms with E-state index in [9.17, 15) is 19.5 Å². The molecule has 11 heteroatoms. The number of nitrogens with one attached hydrogen (secondary N) is 3. The number of allylic oxidation sites excluding steroid dienone is 1. The maximum atomic E-state index is 12.8. The van der Waals surface area contributed by atoms with Gasteiger partial charge in [-0.25, -0.2) is 9.59 Å². The molecule has 0 aromatic carbocycles. The maximum absolute atomic E-state index is 12.8. The number of hydrogen-bond donors (Lipinski definition) is 4. The van der Waals surface area contributed by atoms with Crippen LogP contribution in [-0.4, -0.2) is 70.1 Å². The minimum absolute atomic E-state index is 0.127. The first-order valence-corrected chi connectivity index (χ1v) is 11.6. The van der Waals surface area contributed by atoms with E-state index in [0.29, 0.717) is 18.2 Å². The predicted octanol–water partition coefficient (Wildman–Crippen LogP) is 1.12. The number of aliphatic carboxylic acids is 1. The van der Waals surface area contributed by atoms with Crippen molar-refractivity contribution in [3.05, 3.63) is 17.7 Å². The van der Waals surface area contributed by atoms with E-state index in [2.05, 4.69) is 32.2 Å². The molecule has 0 spiro atoms. The van der Waals surface area contributed by atoms with E-state index in [1.54, 1.807) is 0 Å². The third-order valence-corrected chi connectivity index (χ3v) is 5.83. The molecule has 182 valence electrons. The van der Waals surface area contributed by atoms with Crippen LogP contribution in [0.4, 0.5) is 4.79 Å². The number of carboxylic acids is 1. The van der Waals surface area contributed by atoms with E-state index < -0.39 is 24.0 Å². The summed E-state index contributed by atoms with van der Waals surface area (Å²) in [6, 6.07) is -1.29. The number of nitrogens with zero attached hydrogens (tertiary/aromatic N) is 3. The normalized spacial score (nSPS) is 19.8. The highest BCUT2D eigenvalue weighted by molar-refractivity contribution is 5.85. The highest BCUT2D eigenvalue weighted by Crippen LogP contribution is 2.27. The Kier molecular flexibility index (Phi) is 8.81. The standard InChI is InChI=1S/C22H34N6O5/c1-14(2)13-33-22(32)25-17(21(30)31)12-24-20(29)16-4-3-11-28-18(26-27-19(16)28)6-5-15-7-9-23-10-8-15/h5-6,14-17,23H,3-4,7-13H2,1-2H3,(H,24,29)(H,25,32)(H,30,31)/b6-5+/t16?,17-/m0/s1. The topological polar surface area (TPSA) is 147 Å². The molecule has 1 aromatic rings. The van der Waals surface area contributed by atoms with Gasteiger partial charge < -0.3 is 30.4 Å². The molecule has 0 saturated carbocycles. The van der Waals surface area contributed by atoms with Crippen LogP contribution < -0.4 is 16.0 Å². The number of piperidine rings is 1. The molecule has 2 aliphatic heterocycles. The van der Waals surface area contributed by atoms with Crippen molar-refractivity contribution in [2.75, 3.05) is 26.2 Å². The van der Waals surface area contributed by atoms with Crippen molar-refractivity contribution in [1.29, 1.82) is 0 Å². The zero-order chi connectivity index (χ0) is 23.8. The van der Waals surface area contributed by atoms with Crippen LogP contribution in [0.25, 0.3) is 6.08 Å². The average Bonchev–Trinajstić information content (AvgIpc) is 3.22. The van der Waals surface area contributed by atoms with E-state index >= 15 is 0 Å². The molecule has 0 bridgehead atoms. The first kappa shape index (κ1) is 24.7. The first-order chi connectivity index (χ1) is 15.8. The van der Waals surface area contributed by atoms with Gasteiger partial charge in [0.2, 0.25) is 5.91 Å². The van der Waals surface area contributed by atoms with Gasteiger partial charge in [-0.1, -0.05) is 19.9 Å². The fraction of sp³-hybridized carbons (Fsp3) is 0.682. The summed E-state index contributed by atoms with van der Waals surface area (Å²) in [5, 5.41) is 26.2. The fourth-order valence-electron chi connectivity index (χ4n) is 3.98. The van der Waals surface area contributed by atoms with Gasteiger partial charge in [-0.2, -0.15) is 0 Å². The van der Waals surface area contributed by atoms with Crippen LogP contribution >= 0.6 is 0 Å². The molecule has 2 atom stereocenters. The highest BCUT2D eigenvalue weighted by Gasteiger charge is 2.31. The first-order valence-electron chi connectivity index (χ1n) is 11.6. The molecule has 3 heterocycles. The second-order valence-corrected chi connectivity index (χ2v) is 8.98. The van der Waals surface area contributed by atoms with E-state index in [0.717, 1.165) is 44.7 Å². The summed E-state index contributed by atoms with van der Waals surface area (Å²) in [6.07, 6.45) is 6.90. The minimum Gasteiger partial charge on any atom is -0.480 e. The third-order valence-electron chi connectivity index (χ3n) is 5.83. The molecule has 2 aliphatic rings. The van der Waals surface area contributed by atoms with Crippen molar-refractivity contribution in [3.8, 4) is 0 Å². The summed E-state index contributed by atoms with van der Waals surface area (Å²) in [4.78, 5) is 36.2. The summed E-state index contributed by atoms with van der Waals surface area (Å²) in [7, 11) is 0. The third kappa shape index (κ3) is 7.01. The van der Waals surface area contributed by atoms with E-state index in [1.165, 1.54) is 0 Å². The van der Waals surface area contributed by atoms with E-state index in [-0.39, 0.29) is 25.0 Å². The Labute approximate surface area is 193 Å². The second-order valence-electron chi connectivity index (χ2n) is 8.98. The van der Waals surface area contributed by atoms with Crippen molar-refractivity contribution in [2.24, 2.45) is 11.8 Å². The lowest BCUT2D eigenvalue weighted by Crippen LogP contribution is -2.49. The quantitative estimate of drug-likeness (QED) is 0.427. The molecule has 2 amide bonds. The largest absolute Gasteiger partial charge is 0.480 e. The van der Waals surface area contributed by atoms with Crippen LogP contribution in [0.15, 0.2) is 6.08 Å². The second kappa shape index (κ2) is 11.8. The highest BCUT2D eigenvalue weighted by atomic mass is 16.5. The number of carbonyl (C=O) groups excluding carboxylic acids is 2. The molecule has 1 unspecified atom stereocenters. The molecule has 0 radical (unpaired) electrons. The van der Waals surface area contributed by atoms with Gasteiger partial charge in [-0.05, 0) is 56.7 Å². The van der Waals surface area contributed by atoms with E-state index in [1.807, 2.05) is 24.5 Å². The van der Waals surface area contributed by atoms with Gasteiger partial charge in [-0.3, -0.25) is 4.79 Å². The summed E-state index contributed by atoms with van der Waals surface area (Å²) in [5.74, 6) is -0.153. The Morgan fingerprint density at radius 2 is 2.00 bits per heavy atom. The van der Waals surface area contributed by atoms with Gasteiger partial charge in [0.25, 0.3) is 0 Å². The number of aromatic nitrogens is 3. The number of alkyl carbamates (subject to hydrolysis) is 1. The SMILES string of the molecule is CC(C)COC(=O)N[C@@H](CNC(=O)C1CCCn2c(/C=C/C3CCNCC3)nnc21)C(=O)O. The lowest BCUT2D eigenvalue weighted by atomic mass is 9.97. The van der Waals surface area contributed by atoms with Gasteiger partial charge in [0.15, 0.2) is 5.82 Å². The molecule has 11 nitrogen and oxygen atoms in total. The van der Waals surface area contributed by atoms with Gasteiger partial charge in [0.05, 0.1) is 12.5 Å². The fourth-order valence-corrected chi connectivity index (χ4v) is 3.98. The van der Waals surface area contributed by atoms with Crippen molar-refractivity contribution in [3.63, 3.8) is 0 Å². The Morgan fingerprint density at radius 3 is 2.70 bits per heavy atom. The molecule has 33 heavy (non-hydrogen) atoms. The zero-order valence-corrected chi connectivity index (χ0v) is 19.2. The van der Waals surface area contributed by atoms with Crippen molar-refractivity contribution in [1.82, 2.24) is 30.7 Å². The number of amides is 2. The van der Waals surface area contributed by atoms with Crippen molar-refractivity contribution < 1.29 is 24.2 Å². The summed E-state index contributed by atoms with van der Waals surface area (Å²) in [6.45, 7) is 6.43. The van der Waals surface area contributed by atoms with Gasteiger partial charge >= 0.3 is 12.1 Å². The Balaban J connectivity index is 1.58. The Bertz CT molecular complexity index is 861. The summed E-state index contributed by atoms with van der Waals surface area (Å²) in [5.41, 5.74) is 0. The smallest absolute Gasteiger partial charge is 0.407 e. The number of hydrogen-bond acceptors (Lipinski definition) is 7. The van der Waals surface area contributed by atoms with Crippen LogP contribution in [0.3, 0.4) is 0 Å². The molecule has 1 aromatic heterocycles. The number of fused-ring (bicyclic) bond motifs is 1. The Morgan fingerprint density at radius 1 is 1.24 bits per heavy atom. The lowest BCUT2D eigenvalue weighted by molar-refractivity contribution is -0.139. The maximum Gasteiger partial charge on any atom is 0.407 e. The molecule has 1 saturated heterocycles. The molecule has 4 N–H and O–H groups in total. The van der Waals surface area contributed by atoms with E-state index in [4.69, 9.17) is 4.74 Å². The van der Waals surface area contributed by atoms with Crippen molar-refractivity contribution >= 4 is 24.0 Å². The number of rotatable bonds is 9. The average molecular weight is 463 g/mol. The molecule has 0 aliphatic carbocycles. The molecular formula is C22H34N6O5. The van der Waals surface area contributed by atoms with Crippen LogP contribution in [0.2, 0.25) is 0 Å². The van der Waals surface area contributed by atoms with Crippen LogP contribution in [0, 0.1) is 11.8 Å². The summed E-state index contributed by atoms with van der Waals surface area (Å²) < 4.78 is 6.93. The number of carbonyl (C=O) groups is 3. The lowest BCUT2D eigenvalue weighted by Gasteiger charge is -2.23. The van der Waals surface area contributed by atoms with Crippen LogP contribution in [0.5, 0.6) is 0 Å². The predicted molar refractivity (Wildman–Crippen MR) is 120 cm³/mol. The van der Waals surface area contributed by atoms with Gasteiger partial charge in [0.1, 0.15) is 11.9 Å². The number of carboxylic acid groups (broad SMARTS) is 1. The van der Waals surface area contributed by atoms with Gasteiger partial charge in [0, 0.05) is 13.1 Å². The monoisotopic (exact) mass is 462 g/mol. The molecular weight excluding hydrogens is 428 g/mol. The van der Waals surface area contributed by atoms with Gasteiger partial charge in [-0.15, -0.1) is 10.2 Å². The molecule has 1 fully saturated rings. The minimum atomic E-state index is -1.29. The summed E-state index contributed by atoms with van der Waals surface area (Å²) >= 11 is 0.